The topological polar surface area (TPSA) is 37.3 Å². The molecule has 2 bridgehead atoms. The first-order chi connectivity index (χ1) is 10.3. The molecule has 0 aliphatic heterocycles. The van der Waals surface area contributed by atoms with Crippen LogP contribution in [0.2, 0.25) is 0 Å². The van der Waals surface area contributed by atoms with E-state index in [1.54, 1.807) is 0 Å². The van der Waals surface area contributed by atoms with Gasteiger partial charge in [0, 0.05) is 0 Å². The second kappa shape index (κ2) is 4.51. The average molecular weight is 304 g/mol. The van der Waals surface area contributed by atoms with E-state index in [0.29, 0.717) is 11.3 Å². The Bertz CT molecular complexity index is 496. The highest BCUT2D eigenvalue weighted by Gasteiger charge is 2.65. The summed E-state index contributed by atoms with van der Waals surface area (Å²) in [7, 11) is 0. The van der Waals surface area contributed by atoms with E-state index in [9.17, 15) is 9.90 Å². The third-order valence-electron chi connectivity index (χ3n) is 8.96. The third kappa shape index (κ3) is 1.70. The van der Waals surface area contributed by atoms with E-state index in [1.165, 1.54) is 38.5 Å². The predicted molar refractivity (Wildman–Crippen MR) is 87.5 cm³/mol. The molecule has 1 spiro atoms. The number of hydrogen-bond acceptors (Lipinski definition) is 1. The molecule has 0 amide bonds. The van der Waals surface area contributed by atoms with Gasteiger partial charge in [-0.2, -0.15) is 0 Å². The van der Waals surface area contributed by atoms with Crippen molar-refractivity contribution in [3.63, 3.8) is 0 Å². The van der Waals surface area contributed by atoms with Crippen molar-refractivity contribution in [2.75, 3.05) is 0 Å². The van der Waals surface area contributed by atoms with Gasteiger partial charge >= 0.3 is 5.97 Å². The summed E-state index contributed by atoms with van der Waals surface area (Å²) in [5.74, 6) is 2.52. The van der Waals surface area contributed by atoms with Gasteiger partial charge in [0.15, 0.2) is 0 Å². The molecule has 0 saturated heterocycles. The van der Waals surface area contributed by atoms with Gasteiger partial charge in [0.2, 0.25) is 0 Å². The van der Waals surface area contributed by atoms with Crippen LogP contribution in [0.25, 0.3) is 0 Å². The van der Waals surface area contributed by atoms with E-state index >= 15 is 0 Å². The summed E-state index contributed by atoms with van der Waals surface area (Å²) in [6.07, 6.45) is 11.4. The van der Waals surface area contributed by atoms with Crippen molar-refractivity contribution >= 4 is 5.97 Å². The lowest BCUT2D eigenvalue weighted by Gasteiger charge is -2.63. The summed E-state index contributed by atoms with van der Waals surface area (Å²) in [4.78, 5) is 12.0. The van der Waals surface area contributed by atoms with Crippen molar-refractivity contribution in [2.24, 2.45) is 39.9 Å². The lowest BCUT2D eigenvalue weighted by Crippen LogP contribution is -2.58. The van der Waals surface area contributed by atoms with Crippen molar-refractivity contribution in [3.05, 3.63) is 0 Å². The zero-order valence-electron chi connectivity index (χ0n) is 14.5. The lowest BCUT2D eigenvalue weighted by atomic mass is 9.41. The summed E-state index contributed by atoms with van der Waals surface area (Å²) in [6.45, 7) is 7.00. The maximum absolute atomic E-state index is 12.0. The van der Waals surface area contributed by atoms with Gasteiger partial charge in [-0.25, -0.2) is 0 Å². The number of carbonyl (C=O) groups is 1. The first-order valence-electron chi connectivity index (χ1n) is 9.55. The maximum atomic E-state index is 12.0. The van der Waals surface area contributed by atoms with Crippen molar-refractivity contribution < 1.29 is 9.90 Å². The molecule has 4 rings (SSSR count). The Hall–Kier alpha value is -0.530. The largest absolute Gasteiger partial charge is 0.481 e. The van der Waals surface area contributed by atoms with E-state index in [0.717, 1.165) is 37.0 Å². The van der Waals surface area contributed by atoms with Crippen molar-refractivity contribution in [1.82, 2.24) is 0 Å². The number of aliphatic carboxylic acids is 1. The number of carboxylic acid groups (broad SMARTS) is 1. The van der Waals surface area contributed by atoms with Crippen molar-refractivity contribution in [1.29, 1.82) is 0 Å². The number of hydrogen-bond donors (Lipinski definition) is 1. The van der Waals surface area contributed by atoms with Gasteiger partial charge in [-0.15, -0.1) is 0 Å². The second-order valence-electron chi connectivity index (χ2n) is 9.81. The molecule has 22 heavy (non-hydrogen) atoms. The summed E-state index contributed by atoms with van der Waals surface area (Å²) in [5, 5.41) is 9.92. The molecule has 0 aromatic rings. The highest BCUT2D eigenvalue weighted by atomic mass is 16.4. The van der Waals surface area contributed by atoms with E-state index in [4.69, 9.17) is 0 Å². The zero-order valence-corrected chi connectivity index (χ0v) is 14.5. The lowest BCUT2D eigenvalue weighted by molar-refractivity contribution is -0.181. The van der Waals surface area contributed by atoms with Crippen LogP contribution < -0.4 is 0 Å². The smallest absolute Gasteiger partial charge is 0.309 e. The molecule has 4 fully saturated rings. The predicted octanol–water partition coefficient (Wildman–Crippen LogP) is 5.12. The van der Waals surface area contributed by atoms with E-state index < -0.39 is 11.4 Å². The van der Waals surface area contributed by atoms with Crippen LogP contribution in [0.4, 0.5) is 0 Å². The Labute approximate surface area is 135 Å². The van der Waals surface area contributed by atoms with Crippen LogP contribution in [0.5, 0.6) is 0 Å². The Morgan fingerprint density at radius 1 is 1.00 bits per heavy atom. The van der Waals surface area contributed by atoms with E-state index in [2.05, 4.69) is 20.8 Å². The molecule has 1 N–H and O–H groups in total. The second-order valence-corrected chi connectivity index (χ2v) is 9.81. The molecule has 2 nitrogen and oxygen atoms in total. The fourth-order valence-electron chi connectivity index (χ4n) is 8.05. The molecule has 7 atom stereocenters. The minimum atomic E-state index is -0.534. The van der Waals surface area contributed by atoms with Crippen LogP contribution in [-0.2, 0) is 4.79 Å². The van der Waals surface area contributed by atoms with Gasteiger partial charge in [0.25, 0.3) is 0 Å². The third-order valence-corrected chi connectivity index (χ3v) is 8.96. The molecule has 0 aromatic heterocycles. The Balaban J connectivity index is 1.73. The fourth-order valence-corrected chi connectivity index (χ4v) is 8.05. The number of carboxylic acids is 1. The summed E-state index contributed by atoms with van der Waals surface area (Å²) in [6, 6.07) is 0. The summed E-state index contributed by atoms with van der Waals surface area (Å²) >= 11 is 0. The van der Waals surface area contributed by atoms with Crippen LogP contribution in [0.1, 0.15) is 78.6 Å². The molecular formula is C20H32O2. The molecule has 4 aliphatic carbocycles. The highest BCUT2D eigenvalue weighted by molar-refractivity contribution is 5.75. The van der Waals surface area contributed by atoms with Crippen molar-refractivity contribution in [3.8, 4) is 0 Å². The van der Waals surface area contributed by atoms with Crippen molar-refractivity contribution in [2.45, 2.75) is 78.6 Å². The van der Waals surface area contributed by atoms with Gasteiger partial charge in [-0.05, 0) is 92.8 Å². The average Bonchev–Trinajstić information content (AvgIpc) is 2.68. The molecule has 2 heteroatoms. The van der Waals surface area contributed by atoms with Crippen LogP contribution in [0, 0.1) is 39.9 Å². The normalized spacial score (nSPS) is 57.0. The number of rotatable bonds is 1. The molecule has 0 aromatic carbocycles. The highest BCUT2D eigenvalue weighted by Crippen LogP contribution is 2.72. The minimum Gasteiger partial charge on any atom is -0.481 e. The quantitative estimate of drug-likeness (QED) is 0.730. The molecule has 0 unspecified atom stereocenters. The molecular weight excluding hydrogens is 272 g/mol. The fraction of sp³-hybridized carbons (Fsp3) is 0.950. The van der Waals surface area contributed by atoms with Crippen LogP contribution >= 0.6 is 0 Å². The molecule has 0 radical (unpaired) electrons. The molecule has 124 valence electrons. The van der Waals surface area contributed by atoms with Gasteiger partial charge in [-0.3, -0.25) is 4.79 Å². The van der Waals surface area contributed by atoms with Gasteiger partial charge in [0.05, 0.1) is 5.41 Å². The van der Waals surface area contributed by atoms with Gasteiger partial charge in [-0.1, -0.05) is 20.3 Å². The first-order valence-corrected chi connectivity index (χ1v) is 9.55. The first kappa shape index (κ1) is 15.0. The van der Waals surface area contributed by atoms with Crippen LogP contribution in [-0.4, -0.2) is 11.1 Å². The molecule has 0 heterocycles. The molecule has 4 saturated carbocycles. The summed E-state index contributed by atoms with van der Waals surface area (Å²) < 4.78 is 0. The van der Waals surface area contributed by atoms with Gasteiger partial charge in [0.1, 0.15) is 0 Å². The van der Waals surface area contributed by atoms with Gasteiger partial charge < -0.3 is 5.11 Å². The van der Waals surface area contributed by atoms with E-state index in [1.807, 2.05) is 0 Å². The zero-order chi connectivity index (χ0) is 15.8. The Morgan fingerprint density at radius 2 is 1.77 bits per heavy atom. The summed E-state index contributed by atoms with van der Waals surface area (Å²) in [5.41, 5.74) is 0.374. The monoisotopic (exact) mass is 304 g/mol. The molecule has 4 aliphatic rings. The van der Waals surface area contributed by atoms with Crippen LogP contribution in [0.3, 0.4) is 0 Å². The number of fused-ring (bicyclic) bond motifs is 3. The standard InChI is InChI=1S/C20H32O2/c1-13-11-20-10-7-15-18(2,16(20)6-5-14(13)12-20)8-4-9-19(15,3)17(21)22/h13-16H,4-12H2,1-3H3,(H,21,22)/t13-,14+,15-,16-,18+,19+,20-/m0/s1. The Kier molecular flexibility index (Phi) is 3.08. The Morgan fingerprint density at radius 3 is 2.50 bits per heavy atom. The maximum Gasteiger partial charge on any atom is 0.309 e. The van der Waals surface area contributed by atoms with Crippen LogP contribution in [0.15, 0.2) is 0 Å². The minimum absolute atomic E-state index is 0.276. The van der Waals surface area contributed by atoms with E-state index in [-0.39, 0.29) is 5.41 Å². The SMILES string of the molecule is C[C@H]1C[C@]23CC[C@H]4[C@@](C)(CCC[C@@]4(C)C(=O)O)[C@@H]2CC[C@@H]1C3.